The molecular weight excluding hydrogens is 248 g/mol. The fraction of sp³-hybridized carbons (Fsp3) is 0.667. The summed E-state index contributed by atoms with van der Waals surface area (Å²) < 4.78 is 8.09. The van der Waals surface area contributed by atoms with Gasteiger partial charge in [0.1, 0.15) is 0 Å². The highest BCUT2D eigenvalue weighted by molar-refractivity contribution is 6.99. The molecule has 1 aromatic heterocycles. The molecule has 0 spiro atoms. The highest BCUT2D eigenvalue weighted by Gasteiger charge is 2.26. The molecule has 0 atom stereocenters. The highest BCUT2D eigenvalue weighted by Crippen LogP contribution is 2.27. The van der Waals surface area contributed by atoms with E-state index in [9.17, 15) is 4.79 Å². The van der Waals surface area contributed by atoms with Crippen LogP contribution < -0.4 is 10.2 Å². The van der Waals surface area contributed by atoms with Crippen LogP contribution in [0.3, 0.4) is 0 Å². The maximum atomic E-state index is 11.4. The Morgan fingerprint density at radius 3 is 2.69 bits per heavy atom. The molecule has 0 unspecified atom stereocenters. The molecule has 7 heteroatoms. The third-order valence-electron chi connectivity index (χ3n) is 2.84. The monoisotopic (exact) mass is 260 g/mol. The molecule has 16 heavy (non-hydrogen) atoms. The first kappa shape index (κ1) is 11.6. The molecule has 0 aromatic carbocycles. The van der Waals surface area contributed by atoms with Gasteiger partial charge in [-0.15, -0.1) is 0 Å². The third-order valence-corrected chi connectivity index (χ3v) is 3.72. The zero-order valence-corrected chi connectivity index (χ0v) is 10.5. The van der Waals surface area contributed by atoms with E-state index in [1.54, 1.807) is 7.05 Å². The molecule has 1 saturated heterocycles. The molecule has 0 saturated carbocycles. The number of amides is 1. The van der Waals surface area contributed by atoms with Crippen molar-refractivity contribution in [3.8, 4) is 0 Å². The fourth-order valence-electron chi connectivity index (χ4n) is 1.92. The summed E-state index contributed by atoms with van der Waals surface area (Å²) in [5, 5.41) is 3.15. The van der Waals surface area contributed by atoms with Crippen LogP contribution in [0.25, 0.3) is 0 Å². The molecule has 1 aromatic rings. The molecule has 1 N–H and O–H groups in total. The third kappa shape index (κ3) is 2.27. The van der Waals surface area contributed by atoms with Crippen molar-refractivity contribution in [3.05, 3.63) is 5.15 Å². The van der Waals surface area contributed by atoms with Gasteiger partial charge >= 0.3 is 0 Å². The van der Waals surface area contributed by atoms with Crippen molar-refractivity contribution in [1.29, 1.82) is 0 Å². The van der Waals surface area contributed by atoms with E-state index in [-0.39, 0.29) is 11.8 Å². The predicted molar refractivity (Wildman–Crippen MR) is 63.9 cm³/mol. The van der Waals surface area contributed by atoms with Crippen molar-refractivity contribution in [2.45, 2.75) is 12.8 Å². The maximum Gasteiger partial charge on any atom is 0.222 e. The summed E-state index contributed by atoms with van der Waals surface area (Å²) in [6, 6.07) is 0. The zero-order chi connectivity index (χ0) is 11.5. The van der Waals surface area contributed by atoms with Crippen molar-refractivity contribution in [1.82, 2.24) is 14.1 Å². The first-order valence-corrected chi connectivity index (χ1v) is 6.27. The minimum Gasteiger partial charge on any atom is -0.359 e. The molecule has 5 nitrogen and oxygen atoms in total. The molecule has 0 bridgehead atoms. The maximum absolute atomic E-state index is 11.4. The van der Waals surface area contributed by atoms with Crippen LogP contribution in [0.1, 0.15) is 12.8 Å². The van der Waals surface area contributed by atoms with Gasteiger partial charge in [0.25, 0.3) is 0 Å². The number of nitrogens with one attached hydrogen (secondary N) is 1. The molecule has 1 aliphatic rings. The highest BCUT2D eigenvalue weighted by atomic mass is 35.5. The summed E-state index contributed by atoms with van der Waals surface area (Å²) in [6.07, 6.45) is 1.68. The van der Waals surface area contributed by atoms with Crippen molar-refractivity contribution in [3.63, 3.8) is 0 Å². The van der Waals surface area contributed by atoms with Gasteiger partial charge in [-0.2, -0.15) is 8.75 Å². The molecule has 0 aliphatic carbocycles. The van der Waals surface area contributed by atoms with Gasteiger partial charge in [0, 0.05) is 26.1 Å². The number of aromatic nitrogens is 2. The van der Waals surface area contributed by atoms with E-state index in [2.05, 4.69) is 19.0 Å². The average molecular weight is 261 g/mol. The molecule has 1 amide bonds. The van der Waals surface area contributed by atoms with E-state index >= 15 is 0 Å². The largest absolute Gasteiger partial charge is 0.359 e. The molecule has 1 aliphatic heterocycles. The molecule has 0 radical (unpaired) electrons. The SMILES string of the molecule is CNC(=O)C1CCN(c2nsnc2Cl)CC1. The lowest BCUT2D eigenvalue weighted by Gasteiger charge is -2.30. The molecular formula is C9H13ClN4OS. The van der Waals surface area contributed by atoms with Gasteiger partial charge in [0.15, 0.2) is 11.0 Å². The predicted octanol–water partition coefficient (Wildman–Crippen LogP) is 1.15. The van der Waals surface area contributed by atoms with Gasteiger partial charge in [0.05, 0.1) is 11.7 Å². The van der Waals surface area contributed by atoms with Gasteiger partial charge < -0.3 is 10.2 Å². The summed E-state index contributed by atoms with van der Waals surface area (Å²) in [5.74, 6) is 0.996. The van der Waals surface area contributed by atoms with Crippen molar-refractivity contribution in [2.24, 2.45) is 5.92 Å². The number of anilines is 1. The van der Waals surface area contributed by atoms with Crippen LogP contribution >= 0.6 is 23.3 Å². The Kier molecular flexibility index (Phi) is 3.60. The second-order valence-corrected chi connectivity index (χ2v) is 4.64. The first-order chi connectivity index (χ1) is 7.72. The number of carbonyl (C=O) groups is 1. The summed E-state index contributed by atoms with van der Waals surface area (Å²) in [4.78, 5) is 13.5. The van der Waals surface area contributed by atoms with Crippen LogP contribution in [-0.2, 0) is 4.79 Å². The second kappa shape index (κ2) is 4.97. The Labute approximate surface area is 103 Å². The number of hydrogen-bond acceptors (Lipinski definition) is 5. The lowest BCUT2D eigenvalue weighted by Crippen LogP contribution is -2.39. The first-order valence-electron chi connectivity index (χ1n) is 5.17. The number of rotatable bonds is 2. The van der Waals surface area contributed by atoms with Crippen LogP contribution in [0, 0.1) is 5.92 Å². The number of carbonyl (C=O) groups excluding carboxylic acids is 1. The van der Waals surface area contributed by atoms with Gasteiger partial charge in [0.2, 0.25) is 5.91 Å². The topological polar surface area (TPSA) is 58.1 Å². The Morgan fingerprint density at radius 1 is 1.50 bits per heavy atom. The second-order valence-electron chi connectivity index (χ2n) is 3.75. The van der Waals surface area contributed by atoms with Crippen LogP contribution in [0.2, 0.25) is 5.15 Å². The average Bonchev–Trinajstić information content (AvgIpc) is 2.75. The number of nitrogens with zero attached hydrogens (tertiary/aromatic N) is 3. The normalized spacial score (nSPS) is 17.5. The van der Waals surface area contributed by atoms with E-state index < -0.39 is 0 Å². The van der Waals surface area contributed by atoms with Crippen LogP contribution in [0.4, 0.5) is 5.82 Å². The summed E-state index contributed by atoms with van der Waals surface area (Å²) in [7, 11) is 1.68. The van der Waals surface area contributed by atoms with E-state index in [1.165, 1.54) is 0 Å². The van der Waals surface area contributed by atoms with E-state index in [4.69, 9.17) is 11.6 Å². The number of halogens is 1. The Balaban J connectivity index is 1.95. The minimum atomic E-state index is 0.117. The van der Waals surface area contributed by atoms with Crippen LogP contribution in [0.15, 0.2) is 0 Å². The summed E-state index contributed by atoms with van der Waals surface area (Å²) in [6.45, 7) is 1.62. The van der Waals surface area contributed by atoms with Crippen LogP contribution in [0.5, 0.6) is 0 Å². The number of hydrogen-bond donors (Lipinski definition) is 1. The minimum absolute atomic E-state index is 0.117. The van der Waals surface area contributed by atoms with E-state index in [1.807, 2.05) is 0 Å². The summed E-state index contributed by atoms with van der Waals surface area (Å²) in [5.41, 5.74) is 0. The number of piperidine rings is 1. The summed E-state index contributed by atoms with van der Waals surface area (Å²) >= 11 is 7.03. The van der Waals surface area contributed by atoms with Crippen molar-refractivity contribution < 1.29 is 4.79 Å². The van der Waals surface area contributed by atoms with Crippen molar-refractivity contribution >= 4 is 35.1 Å². The van der Waals surface area contributed by atoms with Gasteiger partial charge in [-0.25, -0.2) is 0 Å². The molecule has 1 fully saturated rings. The Hall–Kier alpha value is -0.880. The van der Waals surface area contributed by atoms with Crippen LogP contribution in [-0.4, -0.2) is 34.8 Å². The Bertz CT molecular complexity index is 375. The van der Waals surface area contributed by atoms with Gasteiger partial charge in [-0.3, -0.25) is 4.79 Å². The standard InChI is InChI=1S/C9H13ClN4OS/c1-11-9(15)6-2-4-14(5-3-6)8-7(10)12-16-13-8/h6H,2-5H2,1H3,(H,11,15). The molecule has 2 heterocycles. The smallest absolute Gasteiger partial charge is 0.222 e. The fourth-order valence-corrected chi connectivity index (χ4v) is 2.70. The molecule has 88 valence electrons. The Morgan fingerprint density at radius 2 is 2.19 bits per heavy atom. The zero-order valence-electron chi connectivity index (χ0n) is 8.94. The lowest BCUT2D eigenvalue weighted by molar-refractivity contribution is -0.125. The lowest BCUT2D eigenvalue weighted by atomic mass is 9.96. The van der Waals surface area contributed by atoms with Gasteiger partial charge in [-0.05, 0) is 12.8 Å². The van der Waals surface area contributed by atoms with E-state index in [0.29, 0.717) is 5.15 Å². The van der Waals surface area contributed by atoms with Gasteiger partial charge in [-0.1, -0.05) is 11.6 Å². The van der Waals surface area contributed by atoms with Crippen molar-refractivity contribution in [2.75, 3.05) is 25.0 Å². The van der Waals surface area contributed by atoms with E-state index in [0.717, 1.165) is 43.5 Å². The quantitative estimate of drug-likeness (QED) is 0.867. The molecule has 2 rings (SSSR count).